The summed E-state index contributed by atoms with van der Waals surface area (Å²) in [6, 6.07) is 5.14. The second-order valence-corrected chi connectivity index (χ2v) is 8.71. The van der Waals surface area contributed by atoms with Gasteiger partial charge in [-0.2, -0.15) is 4.98 Å². The normalized spacial score (nSPS) is 12.8. The molecule has 3 rings (SSSR count). The van der Waals surface area contributed by atoms with Crippen LogP contribution in [0.3, 0.4) is 0 Å². The first-order valence-corrected chi connectivity index (χ1v) is 10.9. The molecule has 29 heavy (non-hydrogen) atoms. The fourth-order valence-corrected chi connectivity index (χ4v) is 3.92. The minimum absolute atomic E-state index is 0.0914. The van der Waals surface area contributed by atoms with Crippen LogP contribution in [0.25, 0.3) is 10.9 Å². The van der Waals surface area contributed by atoms with E-state index in [1.807, 2.05) is 27.7 Å². The monoisotopic (exact) mass is 436 g/mol. The molecule has 0 aliphatic carbocycles. The van der Waals surface area contributed by atoms with Gasteiger partial charge in [0, 0.05) is 30.7 Å². The largest absolute Gasteiger partial charge is 0.382 e. The summed E-state index contributed by atoms with van der Waals surface area (Å²) in [5, 5.41) is 5.55. The van der Waals surface area contributed by atoms with Gasteiger partial charge in [0.1, 0.15) is 0 Å². The molecule has 9 heteroatoms. The molecule has 7 nitrogen and oxygen atoms in total. The highest BCUT2D eigenvalue weighted by Crippen LogP contribution is 2.33. The first-order valence-electron chi connectivity index (χ1n) is 9.68. The summed E-state index contributed by atoms with van der Waals surface area (Å²) in [7, 11) is 0. The SMILES string of the molecule is CCOCCCn1c(S[C@H](C)c2nc(C(C)C)no2)nc2cc(Cl)ccc2c1=O. The molecule has 0 amide bonds. The number of halogens is 1. The quantitative estimate of drug-likeness (QED) is 0.269. The van der Waals surface area contributed by atoms with Gasteiger partial charge in [-0.05, 0) is 38.5 Å². The third-order valence-electron chi connectivity index (χ3n) is 4.36. The van der Waals surface area contributed by atoms with Gasteiger partial charge in [-0.25, -0.2) is 4.98 Å². The lowest BCUT2D eigenvalue weighted by Crippen LogP contribution is -2.24. The topological polar surface area (TPSA) is 83.0 Å². The van der Waals surface area contributed by atoms with Crippen molar-refractivity contribution in [2.24, 2.45) is 0 Å². The lowest BCUT2D eigenvalue weighted by atomic mass is 10.2. The van der Waals surface area contributed by atoms with E-state index in [-0.39, 0.29) is 16.7 Å². The molecule has 0 saturated heterocycles. The van der Waals surface area contributed by atoms with Crippen LogP contribution in [0, 0.1) is 0 Å². The Balaban J connectivity index is 1.95. The predicted octanol–water partition coefficient (Wildman–Crippen LogP) is 4.84. The number of hydrogen-bond donors (Lipinski definition) is 0. The molecule has 3 aromatic rings. The van der Waals surface area contributed by atoms with Crippen molar-refractivity contribution in [3.8, 4) is 0 Å². The highest BCUT2D eigenvalue weighted by molar-refractivity contribution is 7.99. The van der Waals surface area contributed by atoms with Crippen LogP contribution in [-0.4, -0.2) is 32.9 Å². The molecule has 1 aromatic carbocycles. The first kappa shape index (κ1) is 21.8. The van der Waals surface area contributed by atoms with Crippen molar-refractivity contribution in [3.05, 3.63) is 45.3 Å². The van der Waals surface area contributed by atoms with Gasteiger partial charge >= 0.3 is 0 Å². The molecule has 0 bridgehead atoms. The summed E-state index contributed by atoms with van der Waals surface area (Å²) in [6.07, 6.45) is 0.717. The van der Waals surface area contributed by atoms with Gasteiger partial charge in [0.25, 0.3) is 5.56 Å². The molecule has 0 fully saturated rings. The van der Waals surface area contributed by atoms with Crippen LogP contribution in [0.4, 0.5) is 0 Å². The van der Waals surface area contributed by atoms with E-state index in [0.29, 0.717) is 59.0 Å². The highest BCUT2D eigenvalue weighted by Gasteiger charge is 2.21. The van der Waals surface area contributed by atoms with E-state index in [9.17, 15) is 4.79 Å². The zero-order chi connectivity index (χ0) is 21.0. The summed E-state index contributed by atoms with van der Waals surface area (Å²) in [5.41, 5.74) is 0.484. The lowest BCUT2D eigenvalue weighted by molar-refractivity contribution is 0.140. The summed E-state index contributed by atoms with van der Waals surface area (Å²) in [4.78, 5) is 22.3. The summed E-state index contributed by atoms with van der Waals surface area (Å²) in [5.74, 6) is 1.36. The standard InChI is InChI=1S/C20H25ClN4O3S/c1-5-27-10-6-9-25-19(26)15-8-7-14(21)11-16(15)22-20(25)29-13(4)18-23-17(12(2)3)24-28-18/h7-8,11-13H,5-6,9-10H2,1-4H3/t13-/m1/s1. The third kappa shape index (κ3) is 5.18. The molecule has 1 atom stereocenters. The van der Waals surface area contributed by atoms with Crippen molar-refractivity contribution < 1.29 is 9.26 Å². The Morgan fingerprint density at radius 3 is 2.76 bits per heavy atom. The fourth-order valence-electron chi connectivity index (χ4n) is 2.79. The molecule has 0 spiro atoms. The maximum atomic E-state index is 13.1. The summed E-state index contributed by atoms with van der Waals surface area (Å²) < 4.78 is 12.5. The molecule has 0 radical (unpaired) electrons. The Morgan fingerprint density at radius 2 is 2.07 bits per heavy atom. The number of nitrogens with zero attached hydrogens (tertiary/aromatic N) is 4. The molecule has 0 N–H and O–H groups in total. The Kier molecular flexibility index (Phi) is 7.32. The number of hydrogen-bond acceptors (Lipinski definition) is 7. The van der Waals surface area contributed by atoms with Crippen molar-refractivity contribution in [2.75, 3.05) is 13.2 Å². The summed E-state index contributed by atoms with van der Waals surface area (Å²) >= 11 is 7.53. The number of rotatable bonds is 9. The van der Waals surface area contributed by atoms with Gasteiger partial charge in [-0.3, -0.25) is 9.36 Å². The molecule has 0 saturated carbocycles. The number of aromatic nitrogens is 4. The van der Waals surface area contributed by atoms with Crippen molar-refractivity contribution >= 4 is 34.3 Å². The zero-order valence-corrected chi connectivity index (χ0v) is 18.6. The van der Waals surface area contributed by atoms with E-state index >= 15 is 0 Å². The minimum Gasteiger partial charge on any atom is -0.382 e. The Hall–Kier alpha value is -1.90. The molecular formula is C20H25ClN4O3S. The molecule has 0 aliphatic heterocycles. The molecule has 2 aromatic heterocycles. The molecule has 2 heterocycles. The van der Waals surface area contributed by atoms with E-state index in [0.717, 1.165) is 0 Å². The van der Waals surface area contributed by atoms with Crippen molar-refractivity contribution in [3.63, 3.8) is 0 Å². The Labute approximate surface area is 178 Å². The zero-order valence-electron chi connectivity index (χ0n) is 17.0. The molecule has 156 valence electrons. The molecule has 0 unspecified atom stereocenters. The molecular weight excluding hydrogens is 412 g/mol. The van der Waals surface area contributed by atoms with Gasteiger partial charge in [0.05, 0.1) is 16.2 Å². The first-order chi connectivity index (χ1) is 13.9. The van der Waals surface area contributed by atoms with Crippen LogP contribution in [0.1, 0.15) is 57.0 Å². The number of thioether (sulfide) groups is 1. The summed E-state index contributed by atoms with van der Waals surface area (Å²) in [6.45, 7) is 9.68. The Bertz CT molecular complexity index is 1030. The van der Waals surface area contributed by atoms with Crippen LogP contribution in [-0.2, 0) is 11.3 Å². The van der Waals surface area contributed by atoms with Crippen LogP contribution >= 0.6 is 23.4 Å². The number of benzene rings is 1. The van der Waals surface area contributed by atoms with Crippen molar-refractivity contribution in [1.82, 2.24) is 19.7 Å². The number of fused-ring (bicyclic) bond motifs is 1. The highest BCUT2D eigenvalue weighted by atomic mass is 35.5. The van der Waals surface area contributed by atoms with Crippen LogP contribution in [0.2, 0.25) is 5.02 Å². The van der Waals surface area contributed by atoms with E-state index in [1.165, 1.54) is 11.8 Å². The van der Waals surface area contributed by atoms with Crippen LogP contribution < -0.4 is 5.56 Å². The lowest BCUT2D eigenvalue weighted by Gasteiger charge is -2.15. The van der Waals surface area contributed by atoms with Gasteiger partial charge in [-0.15, -0.1) is 0 Å². The van der Waals surface area contributed by atoms with Crippen LogP contribution in [0.5, 0.6) is 0 Å². The van der Waals surface area contributed by atoms with E-state index in [4.69, 9.17) is 25.8 Å². The van der Waals surface area contributed by atoms with Crippen molar-refractivity contribution in [1.29, 1.82) is 0 Å². The van der Waals surface area contributed by atoms with E-state index < -0.39 is 0 Å². The van der Waals surface area contributed by atoms with E-state index in [2.05, 4.69) is 10.1 Å². The second kappa shape index (κ2) is 9.73. The van der Waals surface area contributed by atoms with Gasteiger partial charge in [0.15, 0.2) is 11.0 Å². The van der Waals surface area contributed by atoms with Gasteiger partial charge in [0.2, 0.25) is 5.89 Å². The molecule has 0 aliphatic rings. The van der Waals surface area contributed by atoms with Crippen LogP contribution in [0.15, 0.2) is 32.7 Å². The smallest absolute Gasteiger partial charge is 0.262 e. The Morgan fingerprint density at radius 1 is 1.28 bits per heavy atom. The van der Waals surface area contributed by atoms with Gasteiger partial charge in [-0.1, -0.05) is 42.4 Å². The van der Waals surface area contributed by atoms with Crippen molar-refractivity contribution in [2.45, 2.75) is 57.0 Å². The third-order valence-corrected chi connectivity index (χ3v) is 5.67. The minimum atomic E-state index is -0.156. The number of ether oxygens (including phenoxy) is 1. The predicted molar refractivity (Wildman–Crippen MR) is 115 cm³/mol. The van der Waals surface area contributed by atoms with Gasteiger partial charge < -0.3 is 9.26 Å². The maximum absolute atomic E-state index is 13.1. The average Bonchev–Trinajstić information content (AvgIpc) is 3.17. The fraction of sp³-hybridized carbons (Fsp3) is 0.500. The van der Waals surface area contributed by atoms with E-state index in [1.54, 1.807) is 22.8 Å². The second-order valence-electron chi connectivity index (χ2n) is 6.97. The maximum Gasteiger partial charge on any atom is 0.262 e. The average molecular weight is 437 g/mol.